The zero-order valence-corrected chi connectivity index (χ0v) is 14.1. The second-order valence-electron chi connectivity index (χ2n) is 6.10. The normalized spacial score (nSPS) is 15.9. The highest BCUT2D eigenvalue weighted by Crippen LogP contribution is 2.22. The zero-order valence-electron chi connectivity index (χ0n) is 14.1. The molecule has 0 aliphatic heterocycles. The summed E-state index contributed by atoms with van der Waals surface area (Å²) in [6, 6.07) is 11.1. The number of benzene rings is 1. The highest BCUT2D eigenvalue weighted by atomic mass is 16.3. The number of aliphatic hydroxyl groups excluding tert-OH is 1. The summed E-state index contributed by atoms with van der Waals surface area (Å²) in [6.07, 6.45) is 0.984. The molecule has 1 rings (SSSR count). The second kappa shape index (κ2) is 9.19. The van der Waals surface area contributed by atoms with Crippen LogP contribution in [-0.4, -0.2) is 42.8 Å². The van der Waals surface area contributed by atoms with Crippen LogP contribution in [0.3, 0.4) is 0 Å². The molecule has 0 spiro atoms. The van der Waals surface area contributed by atoms with E-state index >= 15 is 0 Å². The summed E-state index contributed by atoms with van der Waals surface area (Å²) in [6.45, 7) is 12.8. The molecule has 21 heavy (non-hydrogen) atoms. The summed E-state index contributed by atoms with van der Waals surface area (Å²) >= 11 is 0. The van der Waals surface area contributed by atoms with Gasteiger partial charge in [0.25, 0.3) is 0 Å². The summed E-state index contributed by atoms with van der Waals surface area (Å²) in [5, 5.41) is 13.1. The average Bonchev–Trinajstić information content (AvgIpc) is 2.55. The lowest BCUT2D eigenvalue weighted by molar-refractivity contribution is 0.129. The maximum atomic E-state index is 9.52. The summed E-state index contributed by atoms with van der Waals surface area (Å²) in [5.74, 6) is 0. The Morgan fingerprint density at radius 2 is 1.76 bits per heavy atom. The van der Waals surface area contributed by atoms with Crippen molar-refractivity contribution in [2.24, 2.45) is 5.41 Å². The average molecular weight is 292 g/mol. The van der Waals surface area contributed by atoms with E-state index in [9.17, 15) is 5.11 Å². The van der Waals surface area contributed by atoms with Gasteiger partial charge in [0.2, 0.25) is 0 Å². The van der Waals surface area contributed by atoms with Crippen LogP contribution in [0.15, 0.2) is 30.3 Å². The van der Waals surface area contributed by atoms with Gasteiger partial charge in [-0.1, -0.05) is 58.0 Å². The van der Waals surface area contributed by atoms with E-state index in [1.54, 1.807) is 0 Å². The molecule has 0 amide bonds. The molecular weight excluding hydrogens is 260 g/mol. The largest absolute Gasteiger partial charge is 0.396 e. The first-order valence-corrected chi connectivity index (χ1v) is 8.20. The quantitative estimate of drug-likeness (QED) is 0.696. The molecule has 0 aromatic heterocycles. The third-order valence-electron chi connectivity index (χ3n) is 4.56. The molecule has 0 aliphatic rings. The second-order valence-corrected chi connectivity index (χ2v) is 6.10. The van der Waals surface area contributed by atoms with Crippen molar-refractivity contribution < 1.29 is 5.11 Å². The first-order valence-electron chi connectivity index (χ1n) is 8.20. The van der Waals surface area contributed by atoms with Crippen molar-refractivity contribution in [1.29, 1.82) is 0 Å². The third kappa shape index (κ3) is 5.42. The zero-order chi connectivity index (χ0) is 15.7. The van der Waals surface area contributed by atoms with Crippen LogP contribution in [0.1, 0.15) is 45.7 Å². The van der Waals surface area contributed by atoms with E-state index in [2.05, 4.69) is 68.2 Å². The van der Waals surface area contributed by atoms with E-state index in [0.29, 0.717) is 6.04 Å². The van der Waals surface area contributed by atoms with Crippen molar-refractivity contribution >= 4 is 0 Å². The minimum absolute atomic E-state index is 0.0233. The highest BCUT2D eigenvalue weighted by molar-refractivity contribution is 5.19. The number of likely N-dealkylation sites (N-methyl/N-ethyl adjacent to an activating group) is 1. The van der Waals surface area contributed by atoms with Gasteiger partial charge in [-0.05, 0) is 25.1 Å². The van der Waals surface area contributed by atoms with Gasteiger partial charge in [0.15, 0.2) is 0 Å². The van der Waals surface area contributed by atoms with Gasteiger partial charge in [-0.3, -0.25) is 4.90 Å². The van der Waals surface area contributed by atoms with Crippen molar-refractivity contribution in [2.75, 3.05) is 32.8 Å². The van der Waals surface area contributed by atoms with Crippen molar-refractivity contribution in [1.82, 2.24) is 10.2 Å². The first-order chi connectivity index (χ1) is 10.1. The Bertz CT molecular complexity index is 372. The molecule has 2 atom stereocenters. The number of nitrogens with one attached hydrogen (secondary N) is 1. The predicted octanol–water partition coefficient (Wildman–Crippen LogP) is 3.07. The van der Waals surface area contributed by atoms with E-state index in [-0.39, 0.29) is 12.0 Å². The molecule has 3 heteroatoms. The van der Waals surface area contributed by atoms with Gasteiger partial charge in [0.05, 0.1) is 0 Å². The maximum Gasteiger partial charge on any atom is 0.0496 e. The van der Waals surface area contributed by atoms with Crippen LogP contribution in [0.5, 0.6) is 0 Å². The van der Waals surface area contributed by atoms with Gasteiger partial charge in [0, 0.05) is 31.2 Å². The SMILES string of the molecule is CCN(CC)C(CNCC(C)(CC)CO)c1ccccc1. The molecule has 2 unspecified atom stereocenters. The van der Waals surface area contributed by atoms with Gasteiger partial charge in [-0.2, -0.15) is 0 Å². The van der Waals surface area contributed by atoms with Crippen molar-refractivity contribution in [3.8, 4) is 0 Å². The van der Waals surface area contributed by atoms with Crippen molar-refractivity contribution in [3.05, 3.63) is 35.9 Å². The van der Waals surface area contributed by atoms with Gasteiger partial charge in [-0.25, -0.2) is 0 Å². The van der Waals surface area contributed by atoms with Gasteiger partial charge in [0.1, 0.15) is 0 Å². The smallest absolute Gasteiger partial charge is 0.0496 e. The standard InChI is InChI=1S/C18H32N2O/c1-5-18(4,15-21)14-19-13-17(20(6-2)7-3)16-11-9-8-10-12-16/h8-12,17,19,21H,5-7,13-15H2,1-4H3. The monoisotopic (exact) mass is 292 g/mol. The summed E-state index contributed by atoms with van der Waals surface area (Å²) in [7, 11) is 0. The maximum absolute atomic E-state index is 9.52. The molecular formula is C18H32N2O. The molecule has 120 valence electrons. The molecule has 0 fully saturated rings. The predicted molar refractivity (Wildman–Crippen MR) is 90.5 cm³/mol. The lowest BCUT2D eigenvalue weighted by Crippen LogP contribution is -2.40. The molecule has 0 bridgehead atoms. The van der Waals surface area contributed by atoms with Gasteiger partial charge in [-0.15, -0.1) is 0 Å². The fourth-order valence-electron chi connectivity index (χ4n) is 2.60. The molecule has 0 radical (unpaired) electrons. The van der Waals surface area contributed by atoms with Crippen LogP contribution in [0, 0.1) is 5.41 Å². The number of hydrogen-bond donors (Lipinski definition) is 2. The molecule has 3 nitrogen and oxygen atoms in total. The molecule has 0 saturated carbocycles. The lowest BCUT2D eigenvalue weighted by Gasteiger charge is -2.32. The minimum Gasteiger partial charge on any atom is -0.396 e. The van der Waals surface area contributed by atoms with Crippen molar-refractivity contribution in [3.63, 3.8) is 0 Å². The number of rotatable bonds is 10. The first kappa shape index (κ1) is 18.1. The molecule has 1 aromatic rings. The Labute approximate surface area is 130 Å². The van der Waals surface area contributed by atoms with Crippen LogP contribution in [0.2, 0.25) is 0 Å². The Balaban J connectivity index is 2.71. The third-order valence-corrected chi connectivity index (χ3v) is 4.56. The summed E-state index contributed by atoms with van der Waals surface area (Å²) < 4.78 is 0. The Kier molecular flexibility index (Phi) is 7.94. The number of nitrogens with zero attached hydrogens (tertiary/aromatic N) is 1. The summed E-state index contributed by atoms with van der Waals surface area (Å²) in [5.41, 5.74) is 1.33. The van der Waals surface area contributed by atoms with Crippen LogP contribution in [-0.2, 0) is 0 Å². The molecule has 1 aromatic carbocycles. The van der Waals surface area contributed by atoms with E-state index < -0.39 is 0 Å². The molecule has 0 heterocycles. The topological polar surface area (TPSA) is 35.5 Å². The fourth-order valence-corrected chi connectivity index (χ4v) is 2.60. The fraction of sp³-hybridized carbons (Fsp3) is 0.667. The molecule has 0 saturated heterocycles. The van der Waals surface area contributed by atoms with Gasteiger partial charge >= 0.3 is 0 Å². The minimum atomic E-state index is -0.0233. The number of aliphatic hydroxyl groups is 1. The summed E-state index contributed by atoms with van der Waals surface area (Å²) in [4.78, 5) is 2.48. The van der Waals surface area contributed by atoms with E-state index in [1.165, 1.54) is 5.56 Å². The van der Waals surface area contributed by atoms with Crippen LogP contribution in [0.25, 0.3) is 0 Å². The Hall–Kier alpha value is -0.900. The van der Waals surface area contributed by atoms with Gasteiger partial charge < -0.3 is 10.4 Å². The molecule has 0 aliphatic carbocycles. The van der Waals surface area contributed by atoms with Crippen molar-refractivity contribution in [2.45, 2.75) is 40.2 Å². The van der Waals surface area contributed by atoms with Crippen LogP contribution < -0.4 is 5.32 Å². The molecule has 2 N–H and O–H groups in total. The van der Waals surface area contributed by atoms with E-state index in [1.807, 2.05) is 0 Å². The van der Waals surface area contributed by atoms with Crippen LogP contribution >= 0.6 is 0 Å². The number of hydrogen-bond acceptors (Lipinski definition) is 3. The van der Waals surface area contributed by atoms with E-state index in [4.69, 9.17) is 0 Å². The van der Waals surface area contributed by atoms with E-state index in [0.717, 1.165) is 32.6 Å². The highest BCUT2D eigenvalue weighted by Gasteiger charge is 2.22. The Morgan fingerprint density at radius 3 is 2.24 bits per heavy atom. The van der Waals surface area contributed by atoms with Crippen LogP contribution in [0.4, 0.5) is 0 Å². The lowest BCUT2D eigenvalue weighted by atomic mass is 9.88. The Morgan fingerprint density at radius 1 is 1.14 bits per heavy atom.